The van der Waals surface area contributed by atoms with Gasteiger partial charge < -0.3 is 10.1 Å². The molecule has 0 atom stereocenters. The van der Waals surface area contributed by atoms with Crippen LogP contribution in [0.15, 0.2) is 76.8 Å². The third-order valence-corrected chi connectivity index (χ3v) is 6.24. The number of nitrogens with one attached hydrogen (secondary N) is 2. The lowest BCUT2D eigenvalue weighted by atomic mass is 10.1. The first-order valence-electron chi connectivity index (χ1n) is 10.4. The van der Waals surface area contributed by atoms with E-state index in [9.17, 15) is 19.2 Å². The molecular formula is C25H16BrCl2N3O5. The van der Waals surface area contributed by atoms with Crippen LogP contribution in [-0.4, -0.2) is 30.4 Å². The number of urea groups is 1. The van der Waals surface area contributed by atoms with Gasteiger partial charge >= 0.3 is 6.03 Å². The SMILES string of the molecule is O=C(COc1ccccc1/C=C1\C(=O)NC(=O)N(c2ccc(Br)cc2)C1=O)Nc1ccc(Cl)c(Cl)c1. The molecule has 36 heavy (non-hydrogen) atoms. The minimum atomic E-state index is -0.854. The van der Waals surface area contributed by atoms with Crippen molar-refractivity contribution in [1.82, 2.24) is 5.32 Å². The van der Waals surface area contributed by atoms with Crippen molar-refractivity contribution in [1.29, 1.82) is 0 Å². The molecule has 0 unspecified atom stereocenters. The number of para-hydroxylation sites is 1. The van der Waals surface area contributed by atoms with Crippen LogP contribution in [0.4, 0.5) is 16.2 Å². The highest BCUT2D eigenvalue weighted by atomic mass is 79.9. The van der Waals surface area contributed by atoms with Gasteiger partial charge in [0.2, 0.25) is 0 Å². The topological polar surface area (TPSA) is 105 Å². The molecule has 4 rings (SSSR count). The second kappa shape index (κ2) is 10.9. The quantitative estimate of drug-likeness (QED) is 0.295. The summed E-state index contributed by atoms with van der Waals surface area (Å²) in [5, 5.41) is 5.46. The highest BCUT2D eigenvalue weighted by Gasteiger charge is 2.37. The molecule has 0 radical (unpaired) electrons. The molecule has 8 nitrogen and oxygen atoms in total. The number of carbonyl (C=O) groups excluding carboxylic acids is 4. The lowest BCUT2D eigenvalue weighted by molar-refractivity contribution is -0.122. The van der Waals surface area contributed by atoms with E-state index in [-0.39, 0.29) is 17.9 Å². The van der Waals surface area contributed by atoms with Gasteiger partial charge in [0.05, 0.1) is 15.7 Å². The summed E-state index contributed by atoms with van der Waals surface area (Å²) in [5.74, 6) is -1.85. The number of hydrogen-bond donors (Lipinski definition) is 2. The van der Waals surface area contributed by atoms with E-state index in [0.717, 1.165) is 9.37 Å². The average Bonchev–Trinajstić information content (AvgIpc) is 2.84. The smallest absolute Gasteiger partial charge is 0.335 e. The predicted molar refractivity (Wildman–Crippen MR) is 140 cm³/mol. The molecule has 5 amide bonds. The minimum absolute atomic E-state index is 0.252. The number of amides is 5. The maximum absolute atomic E-state index is 13.1. The van der Waals surface area contributed by atoms with E-state index in [1.54, 1.807) is 60.7 Å². The summed E-state index contributed by atoms with van der Waals surface area (Å²) < 4.78 is 6.40. The Morgan fingerprint density at radius 3 is 2.44 bits per heavy atom. The third-order valence-electron chi connectivity index (χ3n) is 4.97. The molecule has 0 aliphatic carbocycles. The van der Waals surface area contributed by atoms with E-state index in [1.807, 2.05) is 0 Å². The Balaban J connectivity index is 1.53. The van der Waals surface area contributed by atoms with Crippen molar-refractivity contribution < 1.29 is 23.9 Å². The molecule has 1 saturated heterocycles. The Hall–Kier alpha value is -3.66. The highest BCUT2D eigenvalue weighted by Crippen LogP contribution is 2.27. The Bertz CT molecular complexity index is 1410. The lowest BCUT2D eigenvalue weighted by Crippen LogP contribution is -2.54. The summed E-state index contributed by atoms with van der Waals surface area (Å²) in [6.07, 6.45) is 1.31. The number of barbiturate groups is 1. The van der Waals surface area contributed by atoms with Crippen LogP contribution < -0.4 is 20.3 Å². The molecule has 2 N–H and O–H groups in total. The van der Waals surface area contributed by atoms with Crippen LogP contribution >= 0.6 is 39.1 Å². The number of rotatable bonds is 6. The molecule has 182 valence electrons. The van der Waals surface area contributed by atoms with Gasteiger partial charge in [0.25, 0.3) is 17.7 Å². The Morgan fingerprint density at radius 1 is 1.00 bits per heavy atom. The van der Waals surface area contributed by atoms with Crippen molar-refractivity contribution in [3.63, 3.8) is 0 Å². The average molecular weight is 589 g/mol. The first-order valence-corrected chi connectivity index (χ1v) is 11.9. The standard InChI is InChI=1S/C25H16BrCl2N3O5/c26-15-5-8-17(9-6-15)31-24(34)18(23(33)30-25(31)35)11-14-3-1-2-4-21(14)36-13-22(32)29-16-7-10-19(27)20(28)12-16/h1-12H,13H2,(H,29,32)(H,30,33,35)/b18-11+. The van der Waals surface area contributed by atoms with Crippen molar-refractivity contribution in [3.8, 4) is 5.75 Å². The Morgan fingerprint density at radius 2 is 1.72 bits per heavy atom. The van der Waals surface area contributed by atoms with Gasteiger partial charge in [-0.15, -0.1) is 0 Å². The van der Waals surface area contributed by atoms with Crippen LogP contribution in [0.5, 0.6) is 5.75 Å². The normalized spacial score (nSPS) is 14.6. The Labute approximate surface area is 223 Å². The highest BCUT2D eigenvalue weighted by molar-refractivity contribution is 9.10. The fourth-order valence-corrected chi connectivity index (χ4v) is 3.85. The van der Waals surface area contributed by atoms with Gasteiger partial charge in [-0.1, -0.05) is 57.3 Å². The van der Waals surface area contributed by atoms with Crippen LogP contribution in [0.2, 0.25) is 10.0 Å². The number of benzene rings is 3. The van der Waals surface area contributed by atoms with Gasteiger partial charge in [-0.2, -0.15) is 0 Å². The second-order valence-corrected chi connectivity index (χ2v) is 9.17. The van der Waals surface area contributed by atoms with E-state index in [2.05, 4.69) is 26.6 Å². The zero-order chi connectivity index (χ0) is 25.8. The van der Waals surface area contributed by atoms with Gasteiger partial charge in [0, 0.05) is 15.7 Å². The van der Waals surface area contributed by atoms with Crippen molar-refractivity contribution in [2.75, 3.05) is 16.8 Å². The van der Waals surface area contributed by atoms with E-state index in [0.29, 0.717) is 27.0 Å². The molecule has 3 aromatic carbocycles. The number of anilines is 2. The lowest BCUT2D eigenvalue weighted by Gasteiger charge is -2.26. The summed E-state index contributed by atoms with van der Waals surface area (Å²) >= 11 is 15.1. The fourth-order valence-electron chi connectivity index (χ4n) is 3.28. The van der Waals surface area contributed by atoms with Crippen LogP contribution in [0.1, 0.15) is 5.56 Å². The van der Waals surface area contributed by atoms with Crippen molar-refractivity contribution >= 4 is 80.3 Å². The number of halogens is 3. The number of nitrogens with zero attached hydrogens (tertiary/aromatic N) is 1. The van der Waals surface area contributed by atoms with Crippen LogP contribution in [0.25, 0.3) is 6.08 Å². The van der Waals surface area contributed by atoms with E-state index in [1.165, 1.54) is 12.1 Å². The zero-order valence-corrected chi connectivity index (χ0v) is 21.4. The van der Waals surface area contributed by atoms with Gasteiger partial charge in [-0.05, 0) is 54.6 Å². The van der Waals surface area contributed by atoms with Crippen molar-refractivity contribution in [2.24, 2.45) is 0 Å². The van der Waals surface area contributed by atoms with Crippen molar-refractivity contribution in [3.05, 3.63) is 92.4 Å². The molecule has 0 saturated carbocycles. The predicted octanol–water partition coefficient (Wildman–Crippen LogP) is 5.44. The first-order chi connectivity index (χ1) is 17.2. The molecule has 0 aromatic heterocycles. The molecule has 3 aromatic rings. The molecule has 1 aliphatic heterocycles. The number of hydrogen-bond acceptors (Lipinski definition) is 5. The number of ether oxygens (including phenoxy) is 1. The molecular weight excluding hydrogens is 573 g/mol. The summed E-state index contributed by atoms with van der Waals surface area (Å²) in [7, 11) is 0. The molecule has 1 fully saturated rings. The number of carbonyl (C=O) groups is 4. The second-order valence-electron chi connectivity index (χ2n) is 7.44. The summed E-state index contributed by atoms with van der Waals surface area (Å²) in [6, 6.07) is 16.8. The summed E-state index contributed by atoms with van der Waals surface area (Å²) in [4.78, 5) is 51.2. The maximum Gasteiger partial charge on any atom is 0.335 e. The molecule has 11 heteroatoms. The molecule has 0 spiro atoms. The molecule has 1 heterocycles. The van der Waals surface area contributed by atoms with Gasteiger partial charge in [-0.3, -0.25) is 19.7 Å². The molecule has 0 bridgehead atoms. The monoisotopic (exact) mass is 587 g/mol. The van der Waals surface area contributed by atoms with Gasteiger partial charge in [0.1, 0.15) is 11.3 Å². The Kier molecular flexibility index (Phi) is 7.73. The summed E-state index contributed by atoms with van der Waals surface area (Å²) in [5.41, 5.74) is 0.829. The first kappa shape index (κ1) is 25.4. The van der Waals surface area contributed by atoms with Crippen LogP contribution in [0, 0.1) is 0 Å². The number of imide groups is 2. The summed E-state index contributed by atoms with van der Waals surface area (Å²) in [6.45, 7) is -0.357. The van der Waals surface area contributed by atoms with E-state index >= 15 is 0 Å². The molecule has 1 aliphatic rings. The van der Waals surface area contributed by atoms with E-state index < -0.39 is 23.8 Å². The van der Waals surface area contributed by atoms with Crippen LogP contribution in [0.3, 0.4) is 0 Å². The third kappa shape index (κ3) is 5.76. The maximum atomic E-state index is 13.1. The minimum Gasteiger partial charge on any atom is -0.483 e. The van der Waals surface area contributed by atoms with E-state index in [4.69, 9.17) is 27.9 Å². The fraction of sp³-hybridized carbons (Fsp3) is 0.0400. The van der Waals surface area contributed by atoms with Crippen LogP contribution in [-0.2, 0) is 14.4 Å². The largest absolute Gasteiger partial charge is 0.483 e. The van der Waals surface area contributed by atoms with Gasteiger partial charge in [0.15, 0.2) is 6.61 Å². The van der Waals surface area contributed by atoms with Crippen molar-refractivity contribution in [2.45, 2.75) is 0 Å². The zero-order valence-electron chi connectivity index (χ0n) is 18.3. The van der Waals surface area contributed by atoms with Gasteiger partial charge in [-0.25, -0.2) is 9.69 Å².